The molecule has 1 aliphatic rings. The van der Waals surface area contributed by atoms with Crippen LogP contribution in [0.2, 0.25) is 5.02 Å². The normalized spacial score (nSPS) is 13.7. The van der Waals surface area contributed by atoms with Gasteiger partial charge < -0.3 is 24.4 Å². The summed E-state index contributed by atoms with van der Waals surface area (Å²) in [5.74, 6) is 1.45. The number of ether oxygens (including phenoxy) is 3. The Kier molecular flexibility index (Phi) is 7.18. The van der Waals surface area contributed by atoms with Crippen molar-refractivity contribution in [2.75, 3.05) is 43.6 Å². The smallest absolute Gasteiger partial charge is 0.161 e. The maximum Gasteiger partial charge on any atom is 0.161 e. The van der Waals surface area contributed by atoms with E-state index in [0.29, 0.717) is 13.2 Å². The molecule has 0 unspecified atom stereocenters. The van der Waals surface area contributed by atoms with Crippen molar-refractivity contribution in [3.8, 4) is 11.5 Å². The third kappa shape index (κ3) is 5.63. The maximum atomic E-state index is 6.54. The Morgan fingerprint density at radius 3 is 2.48 bits per heavy atom. The summed E-state index contributed by atoms with van der Waals surface area (Å²) in [4.78, 5) is 2.26. The van der Waals surface area contributed by atoms with Gasteiger partial charge in [0, 0.05) is 25.3 Å². The van der Waals surface area contributed by atoms with Gasteiger partial charge in [0.25, 0.3) is 0 Å². The van der Waals surface area contributed by atoms with Crippen molar-refractivity contribution in [3.63, 3.8) is 0 Å². The van der Waals surface area contributed by atoms with Crippen molar-refractivity contribution in [1.29, 1.82) is 0 Å². The fraction of sp³-hybridized carbons (Fsp3) is 0.280. The summed E-state index contributed by atoms with van der Waals surface area (Å²) in [7, 11) is 1.66. The predicted octanol–water partition coefficient (Wildman–Crippen LogP) is 5.38. The van der Waals surface area contributed by atoms with Gasteiger partial charge in [0.1, 0.15) is 6.61 Å². The second-order valence-corrected chi connectivity index (χ2v) is 7.79. The lowest BCUT2D eigenvalue weighted by Crippen LogP contribution is -2.36. The van der Waals surface area contributed by atoms with Crippen molar-refractivity contribution in [1.82, 2.24) is 0 Å². The van der Waals surface area contributed by atoms with E-state index in [1.54, 1.807) is 7.11 Å². The molecule has 1 heterocycles. The van der Waals surface area contributed by atoms with Crippen molar-refractivity contribution < 1.29 is 14.2 Å². The molecule has 1 N–H and O–H groups in total. The fourth-order valence-electron chi connectivity index (χ4n) is 3.56. The fourth-order valence-corrected chi connectivity index (χ4v) is 3.86. The molecule has 162 valence electrons. The summed E-state index contributed by atoms with van der Waals surface area (Å²) in [6.07, 6.45) is 0. The molecule has 0 aliphatic carbocycles. The van der Waals surface area contributed by atoms with Crippen LogP contribution in [0.5, 0.6) is 11.5 Å². The van der Waals surface area contributed by atoms with Crippen LogP contribution in [0, 0.1) is 0 Å². The van der Waals surface area contributed by atoms with Crippen molar-refractivity contribution >= 4 is 23.0 Å². The lowest BCUT2D eigenvalue weighted by atomic mass is 10.2. The molecule has 6 heteroatoms. The van der Waals surface area contributed by atoms with Gasteiger partial charge in [0.05, 0.1) is 31.0 Å². The van der Waals surface area contributed by atoms with Crippen LogP contribution in [0.4, 0.5) is 11.4 Å². The van der Waals surface area contributed by atoms with Crippen molar-refractivity contribution in [3.05, 3.63) is 82.9 Å². The standard InChI is InChI=1S/C25H27ClN2O3/c1-29-25-15-20(7-10-24(25)31-18-19-5-3-2-4-6-19)17-27-21-8-9-23(22(26)16-21)28-11-13-30-14-12-28/h2-10,15-16,27H,11-14,17-18H2,1H3. The predicted molar refractivity (Wildman–Crippen MR) is 126 cm³/mol. The number of benzene rings is 3. The lowest BCUT2D eigenvalue weighted by molar-refractivity contribution is 0.122. The van der Waals surface area contributed by atoms with Crippen molar-refractivity contribution in [2.45, 2.75) is 13.2 Å². The van der Waals surface area contributed by atoms with E-state index in [1.165, 1.54) is 0 Å². The zero-order valence-electron chi connectivity index (χ0n) is 17.6. The van der Waals surface area contributed by atoms with E-state index in [0.717, 1.165) is 65.3 Å². The number of nitrogens with one attached hydrogen (secondary N) is 1. The summed E-state index contributed by atoms with van der Waals surface area (Å²) in [6.45, 7) is 4.37. The summed E-state index contributed by atoms with van der Waals surface area (Å²) in [5.41, 5.74) is 4.24. The Bertz CT molecular complexity index is 991. The molecule has 4 rings (SSSR count). The number of morpholine rings is 1. The van der Waals surface area contributed by atoms with Gasteiger partial charge in [-0.05, 0) is 41.5 Å². The monoisotopic (exact) mass is 438 g/mol. The number of halogens is 1. The highest BCUT2D eigenvalue weighted by Gasteiger charge is 2.14. The number of nitrogens with zero attached hydrogens (tertiary/aromatic N) is 1. The minimum Gasteiger partial charge on any atom is -0.493 e. The zero-order valence-corrected chi connectivity index (χ0v) is 18.4. The second kappa shape index (κ2) is 10.4. The number of anilines is 2. The SMILES string of the molecule is COc1cc(CNc2ccc(N3CCOCC3)c(Cl)c2)ccc1OCc1ccccc1. The van der Waals surface area contributed by atoms with Gasteiger partial charge in [-0.25, -0.2) is 0 Å². The molecular weight excluding hydrogens is 412 g/mol. The maximum absolute atomic E-state index is 6.54. The van der Waals surface area contributed by atoms with Gasteiger partial charge in [-0.1, -0.05) is 48.0 Å². The Morgan fingerprint density at radius 1 is 0.935 bits per heavy atom. The molecule has 0 saturated carbocycles. The average Bonchev–Trinajstić information content (AvgIpc) is 2.83. The van der Waals surface area contributed by atoms with Gasteiger partial charge in [-0.15, -0.1) is 0 Å². The Hall–Kier alpha value is -2.89. The number of methoxy groups -OCH3 is 1. The second-order valence-electron chi connectivity index (χ2n) is 7.38. The van der Waals surface area contributed by atoms with E-state index in [4.69, 9.17) is 25.8 Å². The Balaban J connectivity index is 1.37. The highest BCUT2D eigenvalue weighted by atomic mass is 35.5. The highest BCUT2D eigenvalue weighted by Crippen LogP contribution is 2.31. The summed E-state index contributed by atoms with van der Waals surface area (Å²) in [5, 5.41) is 4.18. The topological polar surface area (TPSA) is 43.0 Å². The number of hydrogen-bond acceptors (Lipinski definition) is 5. The van der Waals surface area contributed by atoms with Crippen LogP contribution < -0.4 is 19.7 Å². The third-order valence-corrected chi connectivity index (χ3v) is 5.56. The summed E-state index contributed by atoms with van der Waals surface area (Å²) < 4.78 is 16.9. The molecule has 3 aromatic rings. The number of hydrogen-bond donors (Lipinski definition) is 1. The van der Waals surface area contributed by atoms with E-state index < -0.39 is 0 Å². The largest absolute Gasteiger partial charge is 0.493 e. The van der Waals surface area contributed by atoms with E-state index in [-0.39, 0.29) is 0 Å². The molecular formula is C25H27ClN2O3. The van der Waals surface area contributed by atoms with Gasteiger partial charge in [0.2, 0.25) is 0 Å². The molecule has 1 saturated heterocycles. The van der Waals surface area contributed by atoms with Crippen LogP contribution in [0.15, 0.2) is 66.7 Å². The first-order valence-corrected chi connectivity index (χ1v) is 10.8. The molecule has 0 bridgehead atoms. The first-order valence-electron chi connectivity index (χ1n) is 10.4. The molecule has 0 radical (unpaired) electrons. The molecule has 1 aliphatic heterocycles. The average molecular weight is 439 g/mol. The van der Waals surface area contributed by atoms with Crippen LogP contribution in [0.3, 0.4) is 0 Å². The molecule has 5 nitrogen and oxygen atoms in total. The van der Waals surface area contributed by atoms with Gasteiger partial charge in [-0.3, -0.25) is 0 Å². The summed E-state index contributed by atoms with van der Waals surface area (Å²) >= 11 is 6.54. The lowest BCUT2D eigenvalue weighted by Gasteiger charge is -2.29. The molecule has 31 heavy (non-hydrogen) atoms. The molecule has 0 amide bonds. The van der Waals surface area contributed by atoms with Gasteiger partial charge in [-0.2, -0.15) is 0 Å². The minimum absolute atomic E-state index is 0.503. The highest BCUT2D eigenvalue weighted by molar-refractivity contribution is 6.33. The minimum atomic E-state index is 0.503. The van der Waals surface area contributed by atoms with Crippen LogP contribution in [-0.4, -0.2) is 33.4 Å². The quantitative estimate of drug-likeness (QED) is 0.511. The van der Waals surface area contributed by atoms with E-state index in [1.807, 2.05) is 54.6 Å². The van der Waals surface area contributed by atoms with Crippen LogP contribution in [0.25, 0.3) is 0 Å². The van der Waals surface area contributed by atoms with Gasteiger partial charge >= 0.3 is 0 Å². The summed E-state index contributed by atoms with van der Waals surface area (Å²) in [6, 6.07) is 22.2. The molecule has 3 aromatic carbocycles. The number of rotatable bonds is 8. The molecule has 0 atom stereocenters. The first kappa shape index (κ1) is 21.3. The van der Waals surface area contributed by atoms with Crippen LogP contribution >= 0.6 is 11.6 Å². The Morgan fingerprint density at radius 2 is 1.74 bits per heavy atom. The Labute approximate surface area is 188 Å². The van der Waals surface area contributed by atoms with Crippen LogP contribution in [-0.2, 0) is 17.9 Å². The van der Waals surface area contributed by atoms with Crippen LogP contribution in [0.1, 0.15) is 11.1 Å². The molecule has 0 spiro atoms. The zero-order chi connectivity index (χ0) is 21.5. The molecule has 0 aromatic heterocycles. The van der Waals surface area contributed by atoms with Crippen molar-refractivity contribution in [2.24, 2.45) is 0 Å². The van der Waals surface area contributed by atoms with Gasteiger partial charge in [0.15, 0.2) is 11.5 Å². The first-order chi connectivity index (χ1) is 15.2. The molecule has 1 fully saturated rings. The third-order valence-electron chi connectivity index (χ3n) is 5.26. The van der Waals surface area contributed by atoms with E-state index in [9.17, 15) is 0 Å². The van der Waals surface area contributed by atoms with E-state index >= 15 is 0 Å². The van der Waals surface area contributed by atoms with E-state index in [2.05, 4.69) is 22.3 Å².